The van der Waals surface area contributed by atoms with Crippen LogP contribution in [0.15, 0.2) is 53.0 Å². The fourth-order valence-corrected chi connectivity index (χ4v) is 2.38. The van der Waals surface area contributed by atoms with Crippen LogP contribution < -0.4 is 0 Å². The van der Waals surface area contributed by atoms with Crippen LogP contribution in [0.5, 0.6) is 0 Å². The topological polar surface area (TPSA) is 60.7 Å². The van der Waals surface area contributed by atoms with Crippen molar-refractivity contribution < 1.29 is 18.0 Å². The molecule has 1 aromatic heterocycles. The Morgan fingerprint density at radius 1 is 1.12 bits per heavy atom. The van der Waals surface area contributed by atoms with Crippen LogP contribution in [0, 0.1) is 0 Å². The number of hydrogen-bond acceptors (Lipinski definition) is 4. The number of rotatable bonds is 4. The van der Waals surface area contributed by atoms with Crippen molar-refractivity contribution in [2.24, 2.45) is 0 Å². The lowest BCUT2D eigenvalue weighted by Gasteiger charge is -2.06. The van der Waals surface area contributed by atoms with E-state index in [1.54, 1.807) is 24.3 Å². The minimum atomic E-state index is -4.45. The van der Waals surface area contributed by atoms with E-state index in [0.717, 1.165) is 21.4 Å². The second kappa shape index (κ2) is 6.75. The van der Waals surface area contributed by atoms with Gasteiger partial charge in [-0.2, -0.15) is 18.0 Å². The number of benzene rings is 2. The number of nitrogens with zero attached hydrogens (tertiary/aromatic N) is 4. The predicted molar refractivity (Wildman–Crippen MR) is 86.7 cm³/mol. The number of halogens is 4. The molecule has 0 aliphatic carbocycles. The van der Waals surface area contributed by atoms with Gasteiger partial charge < -0.3 is 0 Å². The van der Waals surface area contributed by atoms with Crippen molar-refractivity contribution in [2.75, 3.05) is 0 Å². The maximum absolute atomic E-state index is 12.8. The molecule has 0 amide bonds. The van der Waals surface area contributed by atoms with E-state index < -0.39 is 11.7 Å². The molecule has 5 nitrogen and oxygen atoms in total. The van der Waals surface area contributed by atoms with Gasteiger partial charge in [0.1, 0.15) is 6.54 Å². The van der Waals surface area contributed by atoms with Gasteiger partial charge in [-0.1, -0.05) is 40.2 Å². The number of aromatic nitrogens is 4. The SMILES string of the molecule is O=C(Cn1nnc(-c2cccc(C(F)(F)F)c2)n1)c1ccc(Br)cc1. The van der Waals surface area contributed by atoms with Gasteiger partial charge >= 0.3 is 6.18 Å². The highest BCUT2D eigenvalue weighted by Crippen LogP contribution is 2.31. The smallest absolute Gasteiger partial charge is 0.292 e. The highest BCUT2D eigenvalue weighted by Gasteiger charge is 2.30. The summed E-state index contributed by atoms with van der Waals surface area (Å²) < 4.78 is 39.1. The Labute approximate surface area is 148 Å². The lowest BCUT2D eigenvalue weighted by Crippen LogP contribution is -2.13. The van der Waals surface area contributed by atoms with Crippen LogP contribution in [-0.4, -0.2) is 26.0 Å². The Bertz CT molecular complexity index is 906. The van der Waals surface area contributed by atoms with E-state index in [9.17, 15) is 18.0 Å². The number of alkyl halides is 3. The minimum absolute atomic E-state index is 0.0229. The normalized spacial score (nSPS) is 11.5. The molecule has 0 unspecified atom stereocenters. The van der Waals surface area contributed by atoms with Gasteiger partial charge in [-0.05, 0) is 29.5 Å². The summed E-state index contributed by atoms with van der Waals surface area (Å²) >= 11 is 3.28. The zero-order chi connectivity index (χ0) is 18.0. The summed E-state index contributed by atoms with van der Waals surface area (Å²) in [7, 11) is 0. The summed E-state index contributed by atoms with van der Waals surface area (Å²) in [4.78, 5) is 13.2. The van der Waals surface area contributed by atoms with Crippen LogP contribution >= 0.6 is 15.9 Å². The Hall–Kier alpha value is -2.55. The zero-order valence-corrected chi connectivity index (χ0v) is 14.1. The Kier molecular flexibility index (Phi) is 4.67. The number of Topliss-reactive ketones (excluding diaryl/α,β-unsaturated/α-hetero) is 1. The van der Waals surface area contributed by atoms with Gasteiger partial charge in [0.2, 0.25) is 5.82 Å². The molecule has 25 heavy (non-hydrogen) atoms. The van der Waals surface area contributed by atoms with Crippen LogP contribution in [-0.2, 0) is 12.7 Å². The molecule has 3 rings (SSSR count). The van der Waals surface area contributed by atoms with E-state index in [-0.39, 0.29) is 23.7 Å². The van der Waals surface area contributed by atoms with Crippen molar-refractivity contribution in [3.8, 4) is 11.4 Å². The molecule has 9 heteroatoms. The highest BCUT2D eigenvalue weighted by molar-refractivity contribution is 9.10. The second-order valence-electron chi connectivity index (χ2n) is 5.15. The first-order chi connectivity index (χ1) is 11.8. The van der Waals surface area contributed by atoms with Gasteiger partial charge in [0.25, 0.3) is 0 Å². The number of hydrogen-bond donors (Lipinski definition) is 0. The van der Waals surface area contributed by atoms with Gasteiger partial charge in [0.05, 0.1) is 5.56 Å². The molecule has 0 N–H and O–H groups in total. The molecule has 0 atom stereocenters. The monoisotopic (exact) mass is 410 g/mol. The van der Waals surface area contributed by atoms with E-state index in [2.05, 4.69) is 31.3 Å². The third kappa shape index (κ3) is 4.11. The maximum Gasteiger partial charge on any atom is 0.416 e. The summed E-state index contributed by atoms with van der Waals surface area (Å²) in [5, 5.41) is 11.4. The molecule has 0 bridgehead atoms. The van der Waals surface area contributed by atoms with Gasteiger partial charge in [0, 0.05) is 15.6 Å². The number of tetrazole rings is 1. The summed E-state index contributed by atoms with van der Waals surface area (Å²) in [6, 6.07) is 11.4. The molecule has 2 aromatic carbocycles. The minimum Gasteiger partial charge on any atom is -0.292 e. The predicted octanol–water partition coefficient (Wildman–Crippen LogP) is 4.00. The van der Waals surface area contributed by atoms with Crippen molar-refractivity contribution >= 4 is 21.7 Å². The molecule has 128 valence electrons. The van der Waals surface area contributed by atoms with Gasteiger partial charge in [-0.25, -0.2) is 0 Å². The average molecular weight is 411 g/mol. The fraction of sp³-hybridized carbons (Fsp3) is 0.125. The fourth-order valence-electron chi connectivity index (χ4n) is 2.12. The largest absolute Gasteiger partial charge is 0.416 e. The van der Waals surface area contributed by atoms with Crippen LogP contribution in [0.1, 0.15) is 15.9 Å². The standard InChI is InChI=1S/C16H10BrF3N4O/c17-13-6-4-10(5-7-13)14(25)9-24-22-15(21-23-24)11-2-1-3-12(8-11)16(18,19)20/h1-8H,9H2. The molecule has 0 aliphatic rings. The van der Waals surface area contributed by atoms with E-state index in [1.165, 1.54) is 12.1 Å². The van der Waals surface area contributed by atoms with Gasteiger partial charge in [-0.15, -0.1) is 10.2 Å². The molecule has 0 aliphatic heterocycles. The molecule has 1 heterocycles. The summed E-state index contributed by atoms with van der Waals surface area (Å²) in [6.07, 6.45) is -4.45. The zero-order valence-electron chi connectivity index (χ0n) is 12.5. The van der Waals surface area contributed by atoms with Crippen LogP contribution in [0.2, 0.25) is 0 Å². The summed E-state index contributed by atoms with van der Waals surface area (Å²) in [6.45, 7) is -0.159. The lowest BCUT2D eigenvalue weighted by molar-refractivity contribution is -0.137. The highest BCUT2D eigenvalue weighted by atomic mass is 79.9. The third-order valence-corrected chi connectivity index (χ3v) is 3.88. The first kappa shape index (κ1) is 17.3. The summed E-state index contributed by atoms with van der Waals surface area (Å²) in [5.74, 6) is -0.213. The van der Waals surface area contributed by atoms with Crippen molar-refractivity contribution in [2.45, 2.75) is 12.7 Å². The van der Waals surface area contributed by atoms with Crippen LogP contribution in [0.25, 0.3) is 11.4 Å². The van der Waals surface area contributed by atoms with Crippen LogP contribution in [0.4, 0.5) is 13.2 Å². The Morgan fingerprint density at radius 3 is 2.52 bits per heavy atom. The molecule has 3 aromatic rings. The molecule has 0 fully saturated rings. The number of carbonyl (C=O) groups is 1. The van der Waals surface area contributed by atoms with Crippen molar-refractivity contribution in [1.82, 2.24) is 20.2 Å². The molecule has 0 spiro atoms. The van der Waals surface area contributed by atoms with Gasteiger partial charge in [0.15, 0.2) is 5.78 Å². The second-order valence-corrected chi connectivity index (χ2v) is 6.07. The van der Waals surface area contributed by atoms with E-state index in [0.29, 0.717) is 5.56 Å². The quantitative estimate of drug-likeness (QED) is 0.609. The molecule has 0 saturated heterocycles. The Morgan fingerprint density at radius 2 is 1.84 bits per heavy atom. The third-order valence-electron chi connectivity index (χ3n) is 3.35. The van der Waals surface area contributed by atoms with E-state index in [4.69, 9.17) is 0 Å². The maximum atomic E-state index is 12.8. The van der Waals surface area contributed by atoms with E-state index in [1.807, 2.05) is 0 Å². The summed E-state index contributed by atoms with van der Waals surface area (Å²) in [5.41, 5.74) is -0.148. The first-order valence-electron chi connectivity index (χ1n) is 7.07. The molecular weight excluding hydrogens is 401 g/mol. The van der Waals surface area contributed by atoms with Crippen LogP contribution in [0.3, 0.4) is 0 Å². The first-order valence-corrected chi connectivity index (χ1v) is 7.86. The van der Waals surface area contributed by atoms with Crippen molar-refractivity contribution in [1.29, 1.82) is 0 Å². The molecule has 0 radical (unpaired) electrons. The number of carbonyl (C=O) groups excluding carboxylic acids is 1. The average Bonchev–Trinajstić information content (AvgIpc) is 3.03. The van der Waals surface area contributed by atoms with Crippen molar-refractivity contribution in [3.63, 3.8) is 0 Å². The van der Waals surface area contributed by atoms with Gasteiger partial charge in [-0.3, -0.25) is 4.79 Å². The molecular formula is C16H10BrF3N4O. The van der Waals surface area contributed by atoms with Crippen molar-refractivity contribution in [3.05, 3.63) is 64.1 Å². The number of ketones is 1. The molecule has 0 saturated carbocycles. The lowest BCUT2D eigenvalue weighted by atomic mass is 10.1. The van der Waals surface area contributed by atoms with E-state index >= 15 is 0 Å². The Balaban J connectivity index is 1.79.